The van der Waals surface area contributed by atoms with E-state index < -0.39 is 0 Å². The summed E-state index contributed by atoms with van der Waals surface area (Å²) in [7, 11) is 4.05. The minimum atomic E-state index is 0.121. The van der Waals surface area contributed by atoms with Crippen molar-refractivity contribution in [3.63, 3.8) is 0 Å². The zero-order valence-electron chi connectivity index (χ0n) is 12.1. The van der Waals surface area contributed by atoms with Crippen molar-refractivity contribution in [3.8, 4) is 0 Å². The van der Waals surface area contributed by atoms with E-state index in [-0.39, 0.29) is 5.91 Å². The number of carbonyl (C=O) groups is 1. The zero-order valence-corrected chi connectivity index (χ0v) is 12.1. The van der Waals surface area contributed by atoms with Crippen molar-refractivity contribution in [2.24, 2.45) is 0 Å². The molecular weight excluding hydrogens is 250 g/mol. The van der Waals surface area contributed by atoms with Gasteiger partial charge in [-0.1, -0.05) is 6.07 Å². The lowest BCUT2D eigenvalue weighted by atomic mass is 10.0. The van der Waals surface area contributed by atoms with E-state index in [4.69, 9.17) is 0 Å². The lowest BCUT2D eigenvalue weighted by Crippen LogP contribution is -2.47. The molecule has 1 aliphatic heterocycles. The summed E-state index contributed by atoms with van der Waals surface area (Å²) < 4.78 is 0. The molecule has 2 aromatic rings. The molecule has 1 saturated heterocycles. The molecule has 20 heavy (non-hydrogen) atoms. The minimum absolute atomic E-state index is 0.121. The third-order valence-electron chi connectivity index (χ3n) is 4.29. The van der Waals surface area contributed by atoms with E-state index >= 15 is 0 Å². The molecule has 0 saturated carbocycles. The molecule has 1 aromatic heterocycles. The molecule has 0 bridgehead atoms. The number of nitrogens with zero attached hydrogens (tertiary/aromatic N) is 2. The number of hydrogen-bond donors (Lipinski definition) is 1. The predicted molar refractivity (Wildman–Crippen MR) is 80.9 cm³/mol. The van der Waals surface area contributed by atoms with Crippen LogP contribution in [0.5, 0.6) is 0 Å². The summed E-state index contributed by atoms with van der Waals surface area (Å²) >= 11 is 0. The second-order valence-electron chi connectivity index (χ2n) is 5.72. The van der Waals surface area contributed by atoms with Gasteiger partial charge in [0, 0.05) is 42.3 Å². The highest BCUT2D eigenvalue weighted by Gasteiger charge is 2.25. The number of hydrogen-bond acceptors (Lipinski definition) is 2. The van der Waals surface area contributed by atoms with Crippen molar-refractivity contribution in [3.05, 3.63) is 36.0 Å². The number of nitrogens with one attached hydrogen (secondary N) is 1. The molecule has 0 spiro atoms. The Labute approximate surface area is 119 Å². The number of fused-ring (bicyclic) bond motifs is 1. The van der Waals surface area contributed by atoms with E-state index in [1.165, 1.54) is 0 Å². The van der Waals surface area contributed by atoms with Crippen molar-refractivity contribution < 1.29 is 4.79 Å². The summed E-state index contributed by atoms with van der Waals surface area (Å²) in [5.41, 5.74) is 1.81. The van der Waals surface area contributed by atoms with Crippen molar-refractivity contribution in [1.82, 2.24) is 14.8 Å². The molecule has 1 unspecified atom stereocenters. The number of H-pyrrole nitrogens is 1. The first-order valence-corrected chi connectivity index (χ1v) is 7.18. The van der Waals surface area contributed by atoms with E-state index in [0.29, 0.717) is 6.04 Å². The minimum Gasteiger partial charge on any atom is -0.361 e. The molecule has 2 heterocycles. The zero-order chi connectivity index (χ0) is 14.1. The lowest BCUT2D eigenvalue weighted by Gasteiger charge is -2.36. The maximum absolute atomic E-state index is 12.8. The highest BCUT2D eigenvalue weighted by Crippen LogP contribution is 2.21. The number of aromatic nitrogens is 1. The first-order valence-electron chi connectivity index (χ1n) is 7.18. The molecule has 0 radical (unpaired) electrons. The van der Waals surface area contributed by atoms with Gasteiger partial charge in [-0.3, -0.25) is 4.79 Å². The maximum Gasteiger partial charge on any atom is 0.254 e. The number of aromatic amines is 1. The highest BCUT2D eigenvalue weighted by molar-refractivity contribution is 6.06. The molecule has 106 valence electrons. The Morgan fingerprint density at radius 1 is 1.40 bits per heavy atom. The molecule has 1 amide bonds. The summed E-state index contributed by atoms with van der Waals surface area (Å²) in [6.45, 7) is 2.09. The summed E-state index contributed by atoms with van der Waals surface area (Å²) in [6, 6.07) is 8.15. The van der Waals surface area contributed by atoms with Crippen LogP contribution in [0.1, 0.15) is 23.2 Å². The Balaban J connectivity index is 1.86. The van der Waals surface area contributed by atoms with E-state index in [1.807, 2.05) is 42.4 Å². The van der Waals surface area contributed by atoms with Gasteiger partial charge in [0.05, 0.1) is 0 Å². The maximum atomic E-state index is 12.8. The van der Waals surface area contributed by atoms with Crippen LogP contribution in [0.15, 0.2) is 30.5 Å². The van der Waals surface area contributed by atoms with E-state index in [1.54, 1.807) is 0 Å². The van der Waals surface area contributed by atoms with Crippen LogP contribution < -0.4 is 0 Å². The second-order valence-corrected chi connectivity index (χ2v) is 5.72. The van der Waals surface area contributed by atoms with Crippen molar-refractivity contribution in [1.29, 1.82) is 0 Å². The van der Waals surface area contributed by atoms with Gasteiger partial charge in [-0.2, -0.15) is 0 Å². The number of rotatable bonds is 2. The van der Waals surface area contributed by atoms with E-state index in [2.05, 4.69) is 16.9 Å². The number of carbonyl (C=O) groups excluding carboxylic acids is 1. The molecular formula is C16H21N3O. The first kappa shape index (κ1) is 13.2. The lowest BCUT2D eigenvalue weighted by molar-refractivity contribution is 0.0646. The van der Waals surface area contributed by atoms with Crippen LogP contribution in [0.2, 0.25) is 0 Å². The quantitative estimate of drug-likeness (QED) is 0.910. The van der Waals surface area contributed by atoms with E-state index in [9.17, 15) is 4.79 Å². The Morgan fingerprint density at radius 3 is 3.05 bits per heavy atom. The second kappa shape index (κ2) is 5.29. The molecule has 1 N–H and O–H groups in total. The Hall–Kier alpha value is -1.81. The first-order chi connectivity index (χ1) is 9.66. The fourth-order valence-corrected chi connectivity index (χ4v) is 3.08. The van der Waals surface area contributed by atoms with Crippen molar-refractivity contribution in [2.45, 2.75) is 18.9 Å². The average molecular weight is 271 g/mol. The van der Waals surface area contributed by atoms with Crippen LogP contribution in [0.3, 0.4) is 0 Å². The van der Waals surface area contributed by atoms with Crippen molar-refractivity contribution in [2.75, 3.05) is 27.2 Å². The monoisotopic (exact) mass is 271 g/mol. The van der Waals surface area contributed by atoms with Crippen LogP contribution >= 0.6 is 0 Å². The van der Waals surface area contributed by atoms with Crippen LogP contribution in [0.25, 0.3) is 10.9 Å². The molecule has 1 atom stereocenters. The number of likely N-dealkylation sites (tertiary alicyclic amines) is 1. The standard InChI is InChI=1S/C16H21N3O/c1-18-10-4-5-12(11-18)19(2)16(20)14-6-3-7-15-13(14)8-9-17-15/h3,6-9,12,17H,4-5,10-11H2,1-2H3. The number of amides is 1. The summed E-state index contributed by atoms with van der Waals surface area (Å²) in [5.74, 6) is 0.121. The fourth-order valence-electron chi connectivity index (χ4n) is 3.08. The summed E-state index contributed by atoms with van der Waals surface area (Å²) in [6.07, 6.45) is 4.14. The third kappa shape index (κ3) is 2.31. The van der Waals surface area contributed by atoms with Gasteiger partial charge in [-0.05, 0) is 44.6 Å². The number of piperidine rings is 1. The molecule has 1 fully saturated rings. The van der Waals surface area contributed by atoms with Gasteiger partial charge in [0.1, 0.15) is 0 Å². The molecule has 1 aliphatic rings. The Kier molecular flexibility index (Phi) is 3.49. The molecule has 3 rings (SSSR count). The molecule has 0 aliphatic carbocycles. The van der Waals surface area contributed by atoms with Gasteiger partial charge in [0.15, 0.2) is 0 Å². The summed E-state index contributed by atoms with van der Waals surface area (Å²) in [4.78, 5) is 20.1. The van der Waals surface area contributed by atoms with Gasteiger partial charge in [0.25, 0.3) is 5.91 Å². The predicted octanol–water partition coefficient (Wildman–Crippen LogP) is 2.33. The molecule has 4 nitrogen and oxygen atoms in total. The SMILES string of the molecule is CN1CCCC(N(C)C(=O)c2cccc3[nH]ccc23)C1. The van der Waals surface area contributed by atoms with Crippen LogP contribution in [-0.4, -0.2) is 53.9 Å². The van der Waals surface area contributed by atoms with Gasteiger partial charge in [0.2, 0.25) is 0 Å². The number of benzene rings is 1. The number of likely N-dealkylation sites (N-methyl/N-ethyl adjacent to an activating group) is 2. The third-order valence-corrected chi connectivity index (χ3v) is 4.29. The van der Waals surface area contributed by atoms with Gasteiger partial charge >= 0.3 is 0 Å². The van der Waals surface area contributed by atoms with E-state index in [0.717, 1.165) is 42.4 Å². The van der Waals surface area contributed by atoms with Gasteiger partial charge in [-0.25, -0.2) is 0 Å². The molecule has 4 heteroatoms. The topological polar surface area (TPSA) is 39.3 Å². The van der Waals surface area contributed by atoms with Crippen LogP contribution in [0.4, 0.5) is 0 Å². The largest absolute Gasteiger partial charge is 0.361 e. The summed E-state index contributed by atoms with van der Waals surface area (Å²) in [5, 5.41) is 1.01. The smallest absolute Gasteiger partial charge is 0.254 e. The normalized spacial score (nSPS) is 20.2. The Bertz CT molecular complexity index is 619. The molecule has 1 aromatic carbocycles. The van der Waals surface area contributed by atoms with Crippen LogP contribution in [-0.2, 0) is 0 Å². The Morgan fingerprint density at radius 2 is 2.25 bits per heavy atom. The highest BCUT2D eigenvalue weighted by atomic mass is 16.2. The van der Waals surface area contributed by atoms with Gasteiger partial charge in [-0.15, -0.1) is 0 Å². The average Bonchev–Trinajstić information content (AvgIpc) is 2.94. The van der Waals surface area contributed by atoms with Crippen LogP contribution in [0, 0.1) is 0 Å². The van der Waals surface area contributed by atoms with Gasteiger partial charge < -0.3 is 14.8 Å². The fraction of sp³-hybridized carbons (Fsp3) is 0.438. The van der Waals surface area contributed by atoms with Crippen molar-refractivity contribution >= 4 is 16.8 Å².